The Morgan fingerprint density at radius 3 is 2.24 bits per heavy atom. The normalized spacial score (nSPS) is 13.3. The third-order valence-corrected chi connectivity index (χ3v) is 4.61. The van der Waals surface area contributed by atoms with Gasteiger partial charge in [0.1, 0.15) is 0 Å². The van der Waals surface area contributed by atoms with Gasteiger partial charge in [-0.2, -0.15) is 0 Å². The molecule has 0 aliphatic heterocycles. The van der Waals surface area contributed by atoms with Crippen molar-refractivity contribution >= 4 is 10.0 Å². The highest BCUT2D eigenvalue weighted by molar-refractivity contribution is 7.89. The zero-order valence-electron chi connectivity index (χ0n) is 11.9. The molecule has 0 saturated carbocycles. The van der Waals surface area contributed by atoms with Crippen molar-refractivity contribution < 1.29 is 8.42 Å². The van der Waals surface area contributed by atoms with Crippen molar-refractivity contribution in [1.82, 2.24) is 9.71 Å². The molecule has 1 atom stereocenters. The fourth-order valence-corrected chi connectivity index (χ4v) is 3.39. The van der Waals surface area contributed by atoms with Crippen LogP contribution in [0.2, 0.25) is 0 Å². The van der Waals surface area contributed by atoms with Crippen molar-refractivity contribution in [2.75, 3.05) is 0 Å². The molecule has 0 amide bonds. The molecule has 5 nitrogen and oxygen atoms in total. The van der Waals surface area contributed by atoms with Gasteiger partial charge in [-0.25, -0.2) is 13.1 Å². The average molecular weight is 306 g/mol. The quantitative estimate of drug-likeness (QED) is 0.887. The summed E-state index contributed by atoms with van der Waals surface area (Å²) in [6, 6.07) is 11.6. The molecular formula is C15H18N2O3S. The Balaban J connectivity index is 2.32. The Kier molecular flexibility index (Phi) is 4.59. The number of hydrogen-bond acceptors (Lipinski definition) is 3. The summed E-state index contributed by atoms with van der Waals surface area (Å²) in [6.45, 7) is 3.90. The number of H-pyrrole nitrogens is 1. The molecule has 2 aromatic rings. The highest BCUT2D eigenvalue weighted by Gasteiger charge is 2.23. The van der Waals surface area contributed by atoms with E-state index >= 15 is 0 Å². The van der Waals surface area contributed by atoms with Crippen LogP contribution < -0.4 is 10.3 Å². The average Bonchev–Trinajstić information content (AvgIpc) is 2.46. The van der Waals surface area contributed by atoms with Crippen molar-refractivity contribution in [1.29, 1.82) is 0 Å². The fraction of sp³-hybridized carbons (Fsp3) is 0.267. The monoisotopic (exact) mass is 306 g/mol. The molecule has 2 N–H and O–H groups in total. The summed E-state index contributed by atoms with van der Waals surface area (Å²) in [5.74, 6) is 0.0879. The second-order valence-electron chi connectivity index (χ2n) is 5.14. The maximum Gasteiger partial charge on any atom is 0.247 e. The standard InChI is InChI=1S/C15H18N2O3S/c1-11(2)15(12-6-4-3-5-7-12)17-21(19,20)13-8-9-14(18)16-10-13/h3-11,15,17H,1-2H3,(H,16,18). The molecule has 1 aromatic heterocycles. The minimum atomic E-state index is -3.69. The van der Waals surface area contributed by atoms with Crippen LogP contribution in [0.15, 0.2) is 58.4 Å². The highest BCUT2D eigenvalue weighted by atomic mass is 32.2. The van der Waals surface area contributed by atoms with Gasteiger partial charge in [-0.05, 0) is 17.5 Å². The van der Waals surface area contributed by atoms with E-state index in [-0.39, 0.29) is 22.4 Å². The van der Waals surface area contributed by atoms with Crippen LogP contribution in [0.3, 0.4) is 0 Å². The maximum absolute atomic E-state index is 12.4. The van der Waals surface area contributed by atoms with E-state index in [2.05, 4.69) is 9.71 Å². The molecule has 0 saturated heterocycles. The fourth-order valence-electron chi connectivity index (χ4n) is 2.05. The molecular weight excluding hydrogens is 288 g/mol. The van der Waals surface area contributed by atoms with E-state index in [1.165, 1.54) is 18.3 Å². The molecule has 2 rings (SSSR count). The molecule has 0 radical (unpaired) electrons. The number of sulfonamides is 1. The summed E-state index contributed by atoms with van der Waals surface area (Å²) in [4.78, 5) is 13.4. The molecule has 0 bridgehead atoms. The predicted molar refractivity (Wildman–Crippen MR) is 81.4 cm³/mol. The molecule has 0 fully saturated rings. The summed E-state index contributed by atoms with van der Waals surface area (Å²) in [7, 11) is -3.69. The van der Waals surface area contributed by atoms with E-state index in [0.29, 0.717) is 0 Å². The Bertz CT molecular complexity index is 731. The SMILES string of the molecule is CC(C)C(NS(=O)(=O)c1ccc(=O)[nH]c1)c1ccccc1. The van der Waals surface area contributed by atoms with Crippen molar-refractivity contribution in [3.63, 3.8) is 0 Å². The summed E-state index contributed by atoms with van der Waals surface area (Å²) in [6.07, 6.45) is 1.20. The molecule has 0 spiro atoms. The molecule has 0 aliphatic rings. The summed E-state index contributed by atoms with van der Waals surface area (Å²) in [5, 5.41) is 0. The van der Waals surface area contributed by atoms with Gasteiger partial charge in [-0.1, -0.05) is 44.2 Å². The zero-order valence-corrected chi connectivity index (χ0v) is 12.7. The third-order valence-electron chi connectivity index (χ3n) is 3.17. The lowest BCUT2D eigenvalue weighted by atomic mass is 9.97. The van der Waals surface area contributed by atoms with Gasteiger partial charge in [0.25, 0.3) is 0 Å². The first kappa shape index (κ1) is 15.5. The molecule has 6 heteroatoms. The number of aromatic nitrogens is 1. The minimum Gasteiger partial charge on any atom is -0.328 e. The van der Waals surface area contributed by atoms with Crippen molar-refractivity contribution in [3.8, 4) is 0 Å². The van der Waals surface area contributed by atoms with Gasteiger partial charge >= 0.3 is 0 Å². The van der Waals surface area contributed by atoms with E-state index in [4.69, 9.17) is 0 Å². The Morgan fingerprint density at radius 2 is 1.71 bits per heavy atom. The van der Waals surface area contributed by atoms with Gasteiger partial charge in [0, 0.05) is 18.3 Å². The van der Waals surface area contributed by atoms with Crippen molar-refractivity contribution in [2.24, 2.45) is 5.92 Å². The molecule has 0 aliphatic carbocycles. The number of rotatable bonds is 5. The second kappa shape index (κ2) is 6.24. The molecule has 1 aromatic carbocycles. The first-order chi connectivity index (χ1) is 9.90. The molecule has 1 unspecified atom stereocenters. The largest absolute Gasteiger partial charge is 0.328 e. The van der Waals surface area contributed by atoms with Crippen LogP contribution in [-0.4, -0.2) is 13.4 Å². The topological polar surface area (TPSA) is 79.0 Å². The lowest BCUT2D eigenvalue weighted by molar-refractivity contribution is 0.463. The third kappa shape index (κ3) is 3.80. The Hall–Kier alpha value is -1.92. The predicted octanol–water partition coefficient (Wildman–Crippen LogP) is 2.05. The van der Waals surface area contributed by atoms with Crippen LogP contribution >= 0.6 is 0 Å². The van der Waals surface area contributed by atoms with Crippen molar-refractivity contribution in [2.45, 2.75) is 24.8 Å². The van der Waals surface area contributed by atoms with Crippen LogP contribution in [0.1, 0.15) is 25.5 Å². The Morgan fingerprint density at radius 1 is 1.05 bits per heavy atom. The van der Waals surface area contributed by atoms with Crippen LogP contribution in [-0.2, 0) is 10.0 Å². The lowest BCUT2D eigenvalue weighted by Crippen LogP contribution is -2.32. The Labute approximate surface area is 124 Å². The van der Waals surface area contributed by atoms with Gasteiger partial charge in [-0.15, -0.1) is 0 Å². The van der Waals surface area contributed by atoms with Gasteiger partial charge in [0.15, 0.2) is 0 Å². The molecule has 112 valence electrons. The van der Waals surface area contributed by atoms with E-state index in [9.17, 15) is 13.2 Å². The number of aromatic amines is 1. The van der Waals surface area contributed by atoms with Gasteiger partial charge in [0.2, 0.25) is 15.6 Å². The summed E-state index contributed by atoms with van der Waals surface area (Å²) in [5.41, 5.74) is 0.568. The summed E-state index contributed by atoms with van der Waals surface area (Å²) >= 11 is 0. The zero-order chi connectivity index (χ0) is 15.5. The van der Waals surface area contributed by atoms with Crippen LogP contribution in [0.25, 0.3) is 0 Å². The van der Waals surface area contributed by atoms with E-state index in [1.54, 1.807) is 0 Å². The van der Waals surface area contributed by atoms with E-state index in [0.717, 1.165) is 5.56 Å². The first-order valence-electron chi connectivity index (χ1n) is 6.66. The van der Waals surface area contributed by atoms with Crippen LogP contribution in [0, 0.1) is 5.92 Å². The van der Waals surface area contributed by atoms with E-state index in [1.807, 2.05) is 44.2 Å². The highest BCUT2D eigenvalue weighted by Crippen LogP contribution is 2.23. The van der Waals surface area contributed by atoms with Gasteiger partial charge in [-0.3, -0.25) is 4.79 Å². The van der Waals surface area contributed by atoms with Gasteiger partial charge in [0.05, 0.1) is 4.90 Å². The van der Waals surface area contributed by atoms with Gasteiger partial charge < -0.3 is 4.98 Å². The number of hydrogen-bond donors (Lipinski definition) is 2. The minimum absolute atomic E-state index is 0.0451. The van der Waals surface area contributed by atoms with Crippen LogP contribution in [0.5, 0.6) is 0 Å². The van der Waals surface area contributed by atoms with E-state index < -0.39 is 10.0 Å². The lowest BCUT2D eigenvalue weighted by Gasteiger charge is -2.22. The van der Waals surface area contributed by atoms with Crippen LogP contribution in [0.4, 0.5) is 0 Å². The van der Waals surface area contributed by atoms with Crippen molar-refractivity contribution in [3.05, 3.63) is 64.6 Å². The number of benzene rings is 1. The molecule has 1 heterocycles. The smallest absolute Gasteiger partial charge is 0.247 e. The number of nitrogens with one attached hydrogen (secondary N) is 2. The molecule has 21 heavy (non-hydrogen) atoms. The summed E-state index contributed by atoms with van der Waals surface area (Å²) < 4.78 is 27.5. The second-order valence-corrected chi connectivity index (χ2v) is 6.86. The first-order valence-corrected chi connectivity index (χ1v) is 8.14. The maximum atomic E-state index is 12.4. The number of pyridine rings is 1.